The Hall–Kier alpha value is -1.88. The molecule has 0 N–H and O–H groups in total. The first-order valence-corrected chi connectivity index (χ1v) is 6.71. The van der Waals surface area contributed by atoms with Gasteiger partial charge in [0.2, 0.25) is 0 Å². The third kappa shape index (κ3) is 4.66. The maximum absolute atomic E-state index is 13.1. The van der Waals surface area contributed by atoms with E-state index in [1.807, 2.05) is 30.3 Å². The van der Waals surface area contributed by atoms with Crippen molar-refractivity contribution >= 4 is 21.9 Å². The van der Waals surface area contributed by atoms with Crippen molar-refractivity contribution in [1.82, 2.24) is 0 Å². The molecule has 0 heterocycles. The molecule has 0 unspecified atom stereocenters. The third-order valence-electron chi connectivity index (χ3n) is 2.44. The van der Waals surface area contributed by atoms with Gasteiger partial charge in [-0.2, -0.15) is 0 Å². The fraction of sp³-hybridized carbons (Fsp3) is 0.133. The van der Waals surface area contributed by atoms with Crippen LogP contribution < -0.4 is 4.74 Å². The van der Waals surface area contributed by atoms with E-state index in [2.05, 4.69) is 15.9 Å². The van der Waals surface area contributed by atoms with Crippen molar-refractivity contribution in [2.24, 2.45) is 0 Å². The molecule has 0 bridgehead atoms. The highest BCUT2D eigenvalue weighted by Crippen LogP contribution is 2.20. The Morgan fingerprint density at radius 3 is 2.60 bits per heavy atom. The van der Waals surface area contributed by atoms with Gasteiger partial charge in [0.05, 0.1) is 0 Å². The van der Waals surface area contributed by atoms with Crippen LogP contribution in [0.25, 0.3) is 0 Å². The summed E-state index contributed by atoms with van der Waals surface area (Å²) < 4.78 is 23.9. The van der Waals surface area contributed by atoms with Crippen LogP contribution in [-0.4, -0.2) is 12.6 Å². The van der Waals surface area contributed by atoms with Crippen LogP contribution in [-0.2, 0) is 16.1 Å². The van der Waals surface area contributed by atoms with Gasteiger partial charge in [0.1, 0.15) is 18.2 Å². The standard InChI is InChI=1S/C15H12BrFO3/c16-12-6-13(17)8-14(7-12)19-10-15(18)20-9-11-4-2-1-3-5-11/h1-8H,9-10H2. The predicted molar refractivity (Wildman–Crippen MR) is 75.8 cm³/mol. The molecule has 0 saturated heterocycles. The van der Waals surface area contributed by atoms with E-state index in [-0.39, 0.29) is 19.0 Å². The van der Waals surface area contributed by atoms with Crippen LogP contribution in [0.4, 0.5) is 4.39 Å². The maximum Gasteiger partial charge on any atom is 0.344 e. The van der Waals surface area contributed by atoms with Crippen molar-refractivity contribution in [3.05, 3.63) is 64.4 Å². The molecule has 104 valence electrons. The van der Waals surface area contributed by atoms with Gasteiger partial charge in [-0.1, -0.05) is 46.3 Å². The number of ether oxygens (including phenoxy) is 2. The smallest absolute Gasteiger partial charge is 0.344 e. The predicted octanol–water partition coefficient (Wildman–Crippen LogP) is 3.71. The number of benzene rings is 2. The molecule has 2 rings (SSSR count). The van der Waals surface area contributed by atoms with Crippen molar-refractivity contribution in [2.75, 3.05) is 6.61 Å². The minimum atomic E-state index is -0.505. The van der Waals surface area contributed by atoms with E-state index in [1.54, 1.807) is 6.07 Å². The number of hydrogen-bond donors (Lipinski definition) is 0. The van der Waals surface area contributed by atoms with Crippen LogP contribution in [0.1, 0.15) is 5.56 Å². The number of carbonyl (C=O) groups excluding carboxylic acids is 1. The molecule has 2 aromatic rings. The lowest BCUT2D eigenvalue weighted by molar-refractivity contribution is -0.147. The first kappa shape index (κ1) is 14.5. The maximum atomic E-state index is 13.1. The lowest BCUT2D eigenvalue weighted by Gasteiger charge is -2.07. The van der Waals surface area contributed by atoms with Crippen molar-refractivity contribution in [3.8, 4) is 5.75 Å². The average molecular weight is 339 g/mol. The lowest BCUT2D eigenvalue weighted by atomic mass is 10.2. The first-order chi connectivity index (χ1) is 9.63. The average Bonchev–Trinajstić information content (AvgIpc) is 2.43. The largest absolute Gasteiger partial charge is 0.482 e. The van der Waals surface area contributed by atoms with E-state index in [4.69, 9.17) is 9.47 Å². The Morgan fingerprint density at radius 1 is 1.15 bits per heavy atom. The molecule has 0 aromatic heterocycles. The van der Waals surface area contributed by atoms with Gasteiger partial charge in [0.25, 0.3) is 0 Å². The van der Waals surface area contributed by atoms with Gasteiger partial charge in [-0.25, -0.2) is 9.18 Å². The molecular formula is C15H12BrFO3. The number of esters is 1. The monoisotopic (exact) mass is 338 g/mol. The quantitative estimate of drug-likeness (QED) is 0.779. The van der Waals surface area contributed by atoms with Crippen LogP contribution in [0.3, 0.4) is 0 Å². The van der Waals surface area contributed by atoms with Crippen molar-refractivity contribution in [3.63, 3.8) is 0 Å². The molecule has 0 aliphatic heterocycles. The fourth-order valence-corrected chi connectivity index (χ4v) is 1.98. The topological polar surface area (TPSA) is 35.5 Å². The molecule has 0 atom stereocenters. The van der Waals surface area contributed by atoms with Gasteiger partial charge in [-0.3, -0.25) is 0 Å². The van der Waals surface area contributed by atoms with Gasteiger partial charge in [0, 0.05) is 10.5 Å². The third-order valence-corrected chi connectivity index (χ3v) is 2.89. The minimum Gasteiger partial charge on any atom is -0.482 e. The molecule has 0 fully saturated rings. The van der Waals surface area contributed by atoms with Gasteiger partial charge in [0.15, 0.2) is 6.61 Å². The van der Waals surface area contributed by atoms with E-state index in [9.17, 15) is 9.18 Å². The highest BCUT2D eigenvalue weighted by atomic mass is 79.9. The molecule has 0 amide bonds. The number of carbonyl (C=O) groups is 1. The zero-order chi connectivity index (χ0) is 14.4. The van der Waals surface area contributed by atoms with E-state index < -0.39 is 11.8 Å². The second-order valence-corrected chi connectivity index (χ2v) is 4.96. The molecule has 3 nitrogen and oxygen atoms in total. The van der Waals surface area contributed by atoms with E-state index in [0.717, 1.165) is 5.56 Å². The Balaban J connectivity index is 1.80. The normalized spacial score (nSPS) is 10.1. The number of hydrogen-bond acceptors (Lipinski definition) is 3. The minimum absolute atomic E-state index is 0.190. The van der Waals surface area contributed by atoms with Crippen molar-refractivity contribution in [1.29, 1.82) is 0 Å². The summed E-state index contributed by atoms with van der Waals surface area (Å²) in [7, 11) is 0. The summed E-state index contributed by atoms with van der Waals surface area (Å²) in [6.45, 7) is -0.0708. The van der Waals surface area contributed by atoms with E-state index in [0.29, 0.717) is 4.47 Å². The molecule has 0 saturated carbocycles. The number of rotatable bonds is 5. The van der Waals surface area contributed by atoms with E-state index in [1.165, 1.54) is 12.1 Å². The molecule has 0 aliphatic carbocycles. The van der Waals surface area contributed by atoms with Crippen LogP contribution in [0.15, 0.2) is 53.0 Å². The molecular weight excluding hydrogens is 327 g/mol. The molecule has 20 heavy (non-hydrogen) atoms. The SMILES string of the molecule is O=C(COc1cc(F)cc(Br)c1)OCc1ccccc1. The summed E-state index contributed by atoms with van der Waals surface area (Å²) in [6.07, 6.45) is 0. The summed E-state index contributed by atoms with van der Waals surface area (Å²) >= 11 is 3.15. The van der Waals surface area contributed by atoms with Crippen molar-refractivity contribution in [2.45, 2.75) is 6.61 Å². The summed E-state index contributed by atoms with van der Waals surface area (Å²) in [5.41, 5.74) is 0.898. The van der Waals surface area contributed by atoms with Crippen LogP contribution in [0.2, 0.25) is 0 Å². The summed E-state index contributed by atoms with van der Waals surface area (Å²) in [5, 5.41) is 0. The second-order valence-electron chi connectivity index (χ2n) is 4.04. The highest BCUT2D eigenvalue weighted by molar-refractivity contribution is 9.10. The Labute approximate surface area is 124 Å². The summed E-state index contributed by atoms with van der Waals surface area (Å²) in [5.74, 6) is -0.671. The van der Waals surface area contributed by atoms with Gasteiger partial charge in [-0.15, -0.1) is 0 Å². The highest BCUT2D eigenvalue weighted by Gasteiger charge is 2.06. The summed E-state index contributed by atoms with van der Waals surface area (Å²) in [6, 6.07) is 13.4. The Kier molecular flexibility index (Phi) is 5.12. The first-order valence-electron chi connectivity index (χ1n) is 5.92. The van der Waals surface area contributed by atoms with Gasteiger partial charge >= 0.3 is 5.97 Å². The van der Waals surface area contributed by atoms with Gasteiger partial charge in [-0.05, 0) is 17.7 Å². The van der Waals surface area contributed by atoms with Gasteiger partial charge < -0.3 is 9.47 Å². The lowest BCUT2D eigenvalue weighted by Crippen LogP contribution is -2.14. The zero-order valence-electron chi connectivity index (χ0n) is 10.5. The molecule has 0 radical (unpaired) electrons. The summed E-state index contributed by atoms with van der Waals surface area (Å²) in [4.78, 5) is 11.5. The van der Waals surface area contributed by atoms with Crippen LogP contribution in [0.5, 0.6) is 5.75 Å². The van der Waals surface area contributed by atoms with E-state index >= 15 is 0 Å². The molecule has 0 spiro atoms. The number of halogens is 2. The zero-order valence-corrected chi connectivity index (χ0v) is 12.1. The Morgan fingerprint density at radius 2 is 1.90 bits per heavy atom. The fourth-order valence-electron chi connectivity index (χ4n) is 1.53. The van der Waals surface area contributed by atoms with Crippen LogP contribution >= 0.6 is 15.9 Å². The molecule has 0 aliphatic rings. The second kappa shape index (κ2) is 7.05. The molecule has 2 aromatic carbocycles. The van der Waals surface area contributed by atoms with Crippen LogP contribution in [0, 0.1) is 5.82 Å². The van der Waals surface area contributed by atoms with Crippen molar-refractivity contribution < 1.29 is 18.7 Å². The molecule has 5 heteroatoms. The Bertz CT molecular complexity index is 567.